The number of amides is 2. The Balaban J connectivity index is 1.71. The van der Waals surface area contributed by atoms with Gasteiger partial charge >= 0.3 is 0 Å². The molecule has 25 heavy (non-hydrogen) atoms. The van der Waals surface area contributed by atoms with Gasteiger partial charge in [0.1, 0.15) is 0 Å². The Kier molecular flexibility index (Phi) is 5.90. The number of carbonyl (C=O) groups excluding carboxylic acids is 2. The first-order chi connectivity index (χ1) is 12.1. The molecule has 0 radical (unpaired) electrons. The van der Waals surface area contributed by atoms with Crippen molar-refractivity contribution in [2.75, 3.05) is 19.6 Å². The van der Waals surface area contributed by atoms with Crippen LogP contribution < -0.4 is 0 Å². The number of hydrogen-bond donors (Lipinski definition) is 0. The second kappa shape index (κ2) is 8.32. The zero-order chi connectivity index (χ0) is 17.6. The normalized spacial score (nSPS) is 24.5. The standard InChI is InChI=1S/C21H28N2O2/c1-17(24)22-15-13-19(16-22)21(25)23-14-7-3-6-10-20(23)12-11-18-8-4-2-5-9-18/h2,4-5,8-9,11-12,19-20H,3,6-7,10,13-16H2,1H3/b12-11+. The van der Waals surface area contributed by atoms with E-state index in [1.807, 2.05) is 18.2 Å². The molecule has 2 aliphatic rings. The molecule has 2 aliphatic heterocycles. The molecule has 134 valence electrons. The summed E-state index contributed by atoms with van der Waals surface area (Å²) in [4.78, 5) is 28.5. The molecule has 0 bridgehead atoms. The van der Waals surface area contributed by atoms with Crippen LogP contribution in [0.2, 0.25) is 0 Å². The predicted octanol–water partition coefficient (Wildman–Crippen LogP) is 3.34. The highest BCUT2D eigenvalue weighted by Gasteiger charge is 2.34. The minimum atomic E-state index is -0.0328. The minimum Gasteiger partial charge on any atom is -0.342 e. The summed E-state index contributed by atoms with van der Waals surface area (Å²) in [5.74, 6) is 0.273. The van der Waals surface area contributed by atoms with E-state index in [0.717, 1.165) is 32.2 Å². The molecule has 0 spiro atoms. The van der Waals surface area contributed by atoms with Crippen LogP contribution in [0.25, 0.3) is 6.08 Å². The number of likely N-dealkylation sites (tertiary alicyclic amines) is 2. The van der Waals surface area contributed by atoms with Crippen LogP contribution in [0.3, 0.4) is 0 Å². The maximum atomic E-state index is 13.1. The molecule has 2 fully saturated rings. The molecular weight excluding hydrogens is 312 g/mol. The highest BCUT2D eigenvalue weighted by Crippen LogP contribution is 2.25. The van der Waals surface area contributed by atoms with Gasteiger partial charge in [0.25, 0.3) is 0 Å². The van der Waals surface area contributed by atoms with E-state index in [0.29, 0.717) is 13.1 Å². The smallest absolute Gasteiger partial charge is 0.228 e. The summed E-state index contributed by atoms with van der Waals surface area (Å²) in [6.45, 7) is 3.72. The van der Waals surface area contributed by atoms with Crippen molar-refractivity contribution in [2.24, 2.45) is 5.92 Å². The quantitative estimate of drug-likeness (QED) is 0.847. The van der Waals surface area contributed by atoms with Crippen molar-refractivity contribution in [2.45, 2.75) is 45.1 Å². The number of nitrogens with zero attached hydrogens (tertiary/aromatic N) is 2. The third kappa shape index (κ3) is 4.50. The van der Waals surface area contributed by atoms with Crippen LogP contribution in [0.5, 0.6) is 0 Å². The second-order valence-corrected chi connectivity index (χ2v) is 7.17. The Hall–Kier alpha value is -2.10. The fraction of sp³-hybridized carbons (Fsp3) is 0.524. The van der Waals surface area contributed by atoms with E-state index in [2.05, 4.69) is 29.2 Å². The van der Waals surface area contributed by atoms with Gasteiger partial charge in [0, 0.05) is 26.6 Å². The number of rotatable bonds is 3. The molecule has 2 heterocycles. The summed E-state index contributed by atoms with van der Waals surface area (Å²) in [5, 5.41) is 0. The number of carbonyl (C=O) groups is 2. The first-order valence-electron chi connectivity index (χ1n) is 9.44. The van der Waals surface area contributed by atoms with Crippen LogP contribution in [-0.2, 0) is 9.59 Å². The first-order valence-corrected chi connectivity index (χ1v) is 9.44. The molecule has 4 nitrogen and oxygen atoms in total. The molecule has 2 unspecified atom stereocenters. The van der Waals surface area contributed by atoms with Gasteiger partial charge in [0.15, 0.2) is 0 Å². The van der Waals surface area contributed by atoms with Crippen molar-refractivity contribution in [3.63, 3.8) is 0 Å². The molecular formula is C21H28N2O2. The Labute approximate surface area is 150 Å². The topological polar surface area (TPSA) is 40.6 Å². The lowest BCUT2D eigenvalue weighted by Crippen LogP contribution is -2.43. The van der Waals surface area contributed by atoms with Gasteiger partial charge in [-0.3, -0.25) is 9.59 Å². The van der Waals surface area contributed by atoms with E-state index >= 15 is 0 Å². The van der Waals surface area contributed by atoms with Crippen molar-refractivity contribution in [1.82, 2.24) is 9.80 Å². The lowest BCUT2D eigenvalue weighted by molar-refractivity contribution is -0.136. The van der Waals surface area contributed by atoms with Crippen molar-refractivity contribution in [1.29, 1.82) is 0 Å². The van der Waals surface area contributed by atoms with Crippen molar-refractivity contribution >= 4 is 17.9 Å². The highest BCUT2D eigenvalue weighted by molar-refractivity contribution is 5.82. The van der Waals surface area contributed by atoms with Crippen LogP contribution in [0.15, 0.2) is 36.4 Å². The molecule has 3 rings (SSSR count). The third-order valence-corrected chi connectivity index (χ3v) is 5.38. The average molecular weight is 340 g/mol. The van der Waals surface area contributed by atoms with Gasteiger partial charge in [-0.2, -0.15) is 0 Å². The molecule has 0 N–H and O–H groups in total. The largest absolute Gasteiger partial charge is 0.342 e. The molecule has 2 atom stereocenters. The van der Waals surface area contributed by atoms with Crippen LogP contribution in [0.4, 0.5) is 0 Å². The number of hydrogen-bond acceptors (Lipinski definition) is 2. The van der Waals surface area contributed by atoms with E-state index < -0.39 is 0 Å². The lowest BCUT2D eigenvalue weighted by atomic mass is 10.0. The van der Waals surface area contributed by atoms with Crippen LogP contribution >= 0.6 is 0 Å². The van der Waals surface area contributed by atoms with E-state index in [1.54, 1.807) is 11.8 Å². The molecule has 2 amide bonds. The van der Waals surface area contributed by atoms with Crippen LogP contribution in [0.1, 0.15) is 44.6 Å². The van der Waals surface area contributed by atoms with E-state index in [9.17, 15) is 9.59 Å². The maximum Gasteiger partial charge on any atom is 0.228 e. The Morgan fingerprint density at radius 3 is 2.56 bits per heavy atom. The van der Waals surface area contributed by atoms with E-state index in [-0.39, 0.29) is 23.8 Å². The monoisotopic (exact) mass is 340 g/mol. The average Bonchev–Trinajstić information content (AvgIpc) is 3.01. The van der Waals surface area contributed by atoms with Crippen LogP contribution in [-0.4, -0.2) is 47.3 Å². The van der Waals surface area contributed by atoms with Crippen molar-refractivity contribution in [3.05, 3.63) is 42.0 Å². The fourth-order valence-electron chi connectivity index (χ4n) is 3.88. The third-order valence-electron chi connectivity index (χ3n) is 5.38. The Bertz CT molecular complexity index is 626. The summed E-state index contributed by atoms with van der Waals surface area (Å²) >= 11 is 0. The van der Waals surface area contributed by atoms with Crippen molar-refractivity contribution < 1.29 is 9.59 Å². The van der Waals surface area contributed by atoms with E-state index in [1.165, 1.54) is 12.0 Å². The van der Waals surface area contributed by atoms with Gasteiger partial charge in [-0.05, 0) is 24.8 Å². The van der Waals surface area contributed by atoms with Gasteiger partial charge in [-0.15, -0.1) is 0 Å². The summed E-state index contributed by atoms with van der Waals surface area (Å²) in [7, 11) is 0. The summed E-state index contributed by atoms with van der Waals surface area (Å²) < 4.78 is 0. The molecule has 4 heteroatoms. The van der Waals surface area contributed by atoms with Gasteiger partial charge < -0.3 is 9.80 Å². The summed E-state index contributed by atoms with van der Waals surface area (Å²) in [6, 6.07) is 10.4. The molecule has 2 saturated heterocycles. The SMILES string of the molecule is CC(=O)N1CCC(C(=O)N2CCCCCC2/C=C/c2ccccc2)C1. The van der Waals surface area contributed by atoms with Crippen LogP contribution in [0, 0.1) is 5.92 Å². The fourth-order valence-corrected chi connectivity index (χ4v) is 3.88. The van der Waals surface area contributed by atoms with Gasteiger partial charge in [0.2, 0.25) is 11.8 Å². The van der Waals surface area contributed by atoms with Gasteiger partial charge in [0.05, 0.1) is 12.0 Å². The van der Waals surface area contributed by atoms with Crippen molar-refractivity contribution in [3.8, 4) is 0 Å². The molecule has 1 aromatic rings. The summed E-state index contributed by atoms with van der Waals surface area (Å²) in [5.41, 5.74) is 1.17. The Morgan fingerprint density at radius 1 is 1.04 bits per heavy atom. The van der Waals surface area contributed by atoms with E-state index in [4.69, 9.17) is 0 Å². The van der Waals surface area contributed by atoms with Gasteiger partial charge in [-0.25, -0.2) is 0 Å². The van der Waals surface area contributed by atoms with Gasteiger partial charge in [-0.1, -0.05) is 55.3 Å². The molecule has 0 saturated carbocycles. The molecule has 0 aromatic heterocycles. The molecule has 0 aliphatic carbocycles. The number of benzene rings is 1. The lowest BCUT2D eigenvalue weighted by Gasteiger charge is -2.30. The first kappa shape index (κ1) is 17.7. The second-order valence-electron chi connectivity index (χ2n) is 7.17. The Morgan fingerprint density at radius 2 is 1.84 bits per heavy atom. The zero-order valence-electron chi connectivity index (χ0n) is 15.1. The minimum absolute atomic E-state index is 0.0328. The zero-order valence-corrected chi connectivity index (χ0v) is 15.1. The highest BCUT2D eigenvalue weighted by atomic mass is 16.2. The predicted molar refractivity (Wildman–Crippen MR) is 99.8 cm³/mol. The molecule has 1 aromatic carbocycles. The maximum absolute atomic E-state index is 13.1. The summed E-state index contributed by atoms with van der Waals surface area (Å²) in [6.07, 6.45) is 9.57.